The number of hydrogen-bond acceptors (Lipinski definition) is 9. The first-order chi connectivity index (χ1) is 19.6. The average molecular weight is 569 g/mol. The van der Waals surface area contributed by atoms with Crippen molar-refractivity contribution in [2.24, 2.45) is 11.3 Å². The Balaban J connectivity index is 1.13. The third-order valence-corrected chi connectivity index (χ3v) is 9.19. The summed E-state index contributed by atoms with van der Waals surface area (Å²) in [4.78, 5) is 41.3. The Morgan fingerprint density at radius 3 is 2.54 bits per heavy atom. The van der Waals surface area contributed by atoms with Crippen LogP contribution in [0.1, 0.15) is 84.8 Å². The Morgan fingerprint density at radius 1 is 1.12 bits per heavy atom. The lowest BCUT2D eigenvalue weighted by Crippen LogP contribution is -2.62. The zero-order valence-corrected chi connectivity index (χ0v) is 22.5. The first-order valence-electron chi connectivity index (χ1n) is 14.0. The van der Waals surface area contributed by atoms with Crippen LogP contribution in [0.15, 0.2) is 29.2 Å². The van der Waals surface area contributed by atoms with Crippen LogP contribution in [-0.2, 0) is 4.79 Å². The normalized spacial score (nSPS) is 25.4. The quantitative estimate of drug-likeness (QED) is 0.475. The van der Waals surface area contributed by atoms with E-state index < -0.39 is 47.3 Å². The lowest BCUT2D eigenvalue weighted by atomic mass is 9.71. The fourth-order valence-electron chi connectivity index (χ4n) is 6.68. The minimum absolute atomic E-state index is 0.178. The number of likely N-dealkylation sites (tertiary alicyclic amines) is 2. The van der Waals surface area contributed by atoms with E-state index in [0.29, 0.717) is 17.6 Å². The van der Waals surface area contributed by atoms with Gasteiger partial charge in [-0.15, -0.1) is 0 Å². The highest BCUT2D eigenvalue weighted by Crippen LogP contribution is 2.54. The molecule has 0 radical (unpaired) electrons. The first-order valence-corrected chi connectivity index (χ1v) is 14.0. The molecule has 41 heavy (non-hydrogen) atoms. The smallest absolute Gasteiger partial charge is 0.278 e. The highest BCUT2D eigenvalue weighted by atomic mass is 19.3. The van der Waals surface area contributed by atoms with Gasteiger partial charge in [0, 0.05) is 62.5 Å². The number of alkyl halides is 2. The topological polar surface area (TPSA) is 143 Å². The van der Waals surface area contributed by atoms with Crippen molar-refractivity contribution in [1.29, 1.82) is 0 Å². The molecule has 0 aromatic carbocycles. The van der Waals surface area contributed by atoms with Gasteiger partial charge in [-0.1, -0.05) is 18.0 Å². The molecule has 7 rings (SSSR count). The van der Waals surface area contributed by atoms with Crippen LogP contribution in [-0.4, -0.2) is 88.7 Å². The summed E-state index contributed by atoms with van der Waals surface area (Å²) in [6.07, 6.45) is 8.78. The minimum Gasteiger partial charge on any atom is -0.492 e. The fourth-order valence-corrected chi connectivity index (χ4v) is 6.68. The molecule has 216 valence electrons. The maximum absolute atomic E-state index is 13.6. The summed E-state index contributed by atoms with van der Waals surface area (Å²) >= 11 is 0. The molecular formula is C27H30F2N8O4. The number of aromatic hydroxyl groups is 1. The predicted octanol–water partition coefficient (Wildman–Crippen LogP) is 2.75. The van der Waals surface area contributed by atoms with E-state index in [1.807, 2.05) is 23.9 Å². The van der Waals surface area contributed by atoms with Gasteiger partial charge in [-0.2, -0.15) is 10.1 Å². The number of nitrogens with zero attached hydrogens (tertiary/aromatic N) is 8. The molecule has 2 saturated carbocycles. The molecule has 2 unspecified atom stereocenters. The van der Waals surface area contributed by atoms with E-state index in [9.17, 15) is 23.5 Å². The van der Waals surface area contributed by atoms with Crippen LogP contribution < -0.4 is 0 Å². The number of hydrogen-bond donors (Lipinski definition) is 1. The zero-order chi connectivity index (χ0) is 28.5. The van der Waals surface area contributed by atoms with Gasteiger partial charge in [0.2, 0.25) is 11.8 Å². The highest BCUT2D eigenvalue weighted by Gasteiger charge is 2.66. The Hall–Kier alpha value is -3.97. The van der Waals surface area contributed by atoms with E-state index >= 15 is 0 Å². The van der Waals surface area contributed by atoms with Crippen LogP contribution in [0.3, 0.4) is 0 Å². The first kappa shape index (κ1) is 26.0. The summed E-state index contributed by atoms with van der Waals surface area (Å²) < 4.78 is 34.7. The highest BCUT2D eigenvalue weighted by molar-refractivity contribution is 5.94. The molecular weight excluding hydrogens is 538 g/mol. The molecule has 4 fully saturated rings. The SMILES string of the molecule is CC(c1nc(C2CN(C(=O)c3nccnc3O)CC23CN(C(=O)[C@H]2CC2(F)F)C3)no1)n1ccc(C2CCCC2)n1. The molecule has 3 atom stereocenters. The second kappa shape index (κ2) is 9.28. The van der Waals surface area contributed by atoms with Crippen molar-refractivity contribution in [1.82, 2.24) is 39.7 Å². The van der Waals surface area contributed by atoms with Crippen LogP contribution in [0, 0.1) is 11.3 Å². The van der Waals surface area contributed by atoms with Gasteiger partial charge in [0.15, 0.2) is 11.5 Å². The van der Waals surface area contributed by atoms with E-state index in [1.54, 1.807) is 0 Å². The van der Waals surface area contributed by atoms with E-state index in [-0.39, 0.29) is 37.9 Å². The standard InChI is InChI=1S/C27H30F2N8O4/c1-15(37-9-6-19(33-37)16-4-2-3-5-16)23-32-21(34-41-23)18-11-35(25(40)20-22(38)31-8-7-30-20)12-26(18)13-36(14-26)24(39)17-10-27(17,28)29/h6-9,15-18H,2-5,10-14H2,1H3,(H,31,38)/t15?,17-,18?/m1/s1. The van der Waals surface area contributed by atoms with Gasteiger partial charge in [0.1, 0.15) is 12.0 Å². The number of carbonyl (C=O) groups excluding carboxylic acids is 2. The molecule has 2 aliphatic carbocycles. The monoisotopic (exact) mass is 568 g/mol. The van der Waals surface area contributed by atoms with Gasteiger partial charge in [0.25, 0.3) is 17.7 Å². The third kappa shape index (κ3) is 4.34. The molecule has 2 amide bonds. The third-order valence-electron chi connectivity index (χ3n) is 9.19. The molecule has 1 N–H and O–H groups in total. The molecule has 3 aromatic heterocycles. The second-order valence-electron chi connectivity index (χ2n) is 11.9. The summed E-state index contributed by atoms with van der Waals surface area (Å²) in [6, 6.07) is 1.71. The van der Waals surface area contributed by atoms with Crippen molar-refractivity contribution in [3.63, 3.8) is 0 Å². The molecule has 0 bridgehead atoms. The Kier molecular flexibility index (Phi) is 5.88. The number of rotatable bonds is 6. The second-order valence-corrected chi connectivity index (χ2v) is 11.9. The lowest BCUT2D eigenvalue weighted by molar-refractivity contribution is -0.147. The molecule has 3 aromatic rings. The maximum atomic E-state index is 13.6. The number of halogens is 2. The predicted molar refractivity (Wildman–Crippen MR) is 136 cm³/mol. The van der Waals surface area contributed by atoms with Gasteiger partial charge in [-0.05, 0) is 25.8 Å². The average Bonchev–Trinajstić information content (AvgIpc) is 3.59. The van der Waals surface area contributed by atoms with Gasteiger partial charge in [-0.3, -0.25) is 14.3 Å². The lowest BCUT2D eigenvalue weighted by Gasteiger charge is -2.50. The summed E-state index contributed by atoms with van der Waals surface area (Å²) in [7, 11) is 0. The van der Waals surface area contributed by atoms with Crippen molar-refractivity contribution in [3.05, 3.63) is 47.8 Å². The van der Waals surface area contributed by atoms with Crippen LogP contribution in [0.2, 0.25) is 0 Å². The zero-order valence-electron chi connectivity index (χ0n) is 22.5. The Bertz CT molecular complexity index is 1500. The van der Waals surface area contributed by atoms with Crippen LogP contribution in [0.4, 0.5) is 8.78 Å². The summed E-state index contributed by atoms with van der Waals surface area (Å²) in [5, 5.41) is 19.1. The Morgan fingerprint density at radius 2 is 1.83 bits per heavy atom. The molecule has 2 saturated heterocycles. The molecule has 4 aliphatic rings. The van der Waals surface area contributed by atoms with Crippen molar-refractivity contribution in [3.8, 4) is 5.88 Å². The summed E-state index contributed by atoms with van der Waals surface area (Å²) in [6.45, 7) is 2.67. The number of amides is 2. The van der Waals surface area contributed by atoms with E-state index in [4.69, 9.17) is 14.6 Å². The molecule has 2 aliphatic heterocycles. The van der Waals surface area contributed by atoms with Gasteiger partial charge >= 0.3 is 0 Å². The Labute approximate surface area is 233 Å². The van der Waals surface area contributed by atoms with Gasteiger partial charge in [-0.25, -0.2) is 18.7 Å². The number of carbonyl (C=O) groups is 2. The van der Waals surface area contributed by atoms with Crippen LogP contribution in [0.5, 0.6) is 5.88 Å². The van der Waals surface area contributed by atoms with Gasteiger partial charge < -0.3 is 19.4 Å². The summed E-state index contributed by atoms with van der Waals surface area (Å²) in [5.74, 6) is -5.04. The van der Waals surface area contributed by atoms with Crippen LogP contribution in [0.25, 0.3) is 0 Å². The van der Waals surface area contributed by atoms with Crippen molar-refractivity contribution in [2.75, 3.05) is 26.2 Å². The molecule has 1 spiro atoms. The molecule has 14 heteroatoms. The summed E-state index contributed by atoms with van der Waals surface area (Å²) in [5.41, 5.74) is 0.219. The number of aromatic nitrogens is 6. The van der Waals surface area contributed by atoms with E-state index in [2.05, 4.69) is 15.1 Å². The van der Waals surface area contributed by atoms with E-state index in [1.165, 1.54) is 35.0 Å². The molecule has 5 heterocycles. The van der Waals surface area contributed by atoms with Crippen molar-refractivity contribution >= 4 is 11.8 Å². The minimum atomic E-state index is -2.96. The van der Waals surface area contributed by atoms with Gasteiger partial charge in [0.05, 0.1) is 11.6 Å². The van der Waals surface area contributed by atoms with Crippen LogP contribution >= 0.6 is 0 Å². The van der Waals surface area contributed by atoms with Crippen molar-refractivity contribution < 1.29 is 28.0 Å². The largest absolute Gasteiger partial charge is 0.492 e. The van der Waals surface area contributed by atoms with Crippen molar-refractivity contribution in [2.45, 2.75) is 62.8 Å². The maximum Gasteiger partial charge on any atom is 0.278 e. The molecule has 12 nitrogen and oxygen atoms in total. The fraction of sp³-hybridized carbons (Fsp3) is 0.593. The van der Waals surface area contributed by atoms with E-state index in [0.717, 1.165) is 18.5 Å².